The lowest BCUT2D eigenvalue weighted by Gasteiger charge is -2.17. The highest BCUT2D eigenvalue weighted by atomic mass is 35.5. The zero-order valence-corrected chi connectivity index (χ0v) is 19.5. The fourth-order valence-corrected chi connectivity index (χ4v) is 3.79. The van der Waals surface area contributed by atoms with Gasteiger partial charge in [0.05, 0.1) is 11.4 Å². The number of benzene rings is 1. The van der Waals surface area contributed by atoms with Crippen molar-refractivity contribution in [1.82, 2.24) is 10.2 Å². The van der Waals surface area contributed by atoms with Crippen molar-refractivity contribution in [3.05, 3.63) is 39.2 Å². The van der Waals surface area contributed by atoms with Crippen molar-refractivity contribution in [2.45, 2.75) is 64.7 Å². The normalized spacial score (nSPS) is 11.4. The maximum absolute atomic E-state index is 12.4. The van der Waals surface area contributed by atoms with Gasteiger partial charge in [0.2, 0.25) is 5.91 Å². The number of carbonyl (C=O) groups is 1. The molecule has 0 aliphatic rings. The summed E-state index contributed by atoms with van der Waals surface area (Å²) in [7, 11) is 2.07. The minimum Gasteiger partial charge on any atom is -0.506 e. The summed E-state index contributed by atoms with van der Waals surface area (Å²) >= 11 is 5.97. The fourth-order valence-electron chi connectivity index (χ4n) is 3.63. The molecule has 2 N–H and O–H groups in total. The Labute approximate surface area is 189 Å². The van der Waals surface area contributed by atoms with Gasteiger partial charge in [0, 0.05) is 30.6 Å². The Morgan fingerprint density at radius 3 is 2.45 bits per heavy atom. The molecule has 0 unspecified atom stereocenters. The van der Waals surface area contributed by atoms with Crippen LogP contribution in [0.15, 0.2) is 27.4 Å². The van der Waals surface area contributed by atoms with Crippen LogP contribution in [0.3, 0.4) is 0 Å². The van der Waals surface area contributed by atoms with Crippen molar-refractivity contribution >= 4 is 28.5 Å². The molecule has 0 aliphatic heterocycles. The van der Waals surface area contributed by atoms with Gasteiger partial charge < -0.3 is 19.7 Å². The van der Waals surface area contributed by atoms with E-state index in [1.54, 1.807) is 0 Å². The number of rotatable bonds is 14. The van der Waals surface area contributed by atoms with Crippen LogP contribution < -0.4 is 10.9 Å². The standard InChI is InChI=1S/C24H35ClN2O4/c1-3-4-5-6-7-8-9-10-12-27(2)13-11-26-23(29)14-18-15-24(30)31-22-17-21(28)20(25)16-19(18)22/h15-17,28H,3-14H2,1-2H3,(H,26,29). The molecule has 0 saturated heterocycles. The van der Waals surface area contributed by atoms with Crippen LogP contribution in [0, 0.1) is 0 Å². The molecule has 0 spiro atoms. The van der Waals surface area contributed by atoms with Gasteiger partial charge in [-0.1, -0.05) is 63.5 Å². The smallest absolute Gasteiger partial charge is 0.336 e. The molecule has 0 fully saturated rings. The van der Waals surface area contributed by atoms with Crippen molar-refractivity contribution in [1.29, 1.82) is 0 Å². The summed E-state index contributed by atoms with van der Waals surface area (Å²) in [4.78, 5) is 26.4. The second-order valence-corrected chi connectivity index (χ2v) is 8.60. The maximum Gasteiger partial charge on any atom is 0.336 e. The van der Waals surface area contributed by atoms with Gasteiger partial charge in [-0.2, -0.15) is 0 Å². The Kier molecular flexibility index (Phi) is 10.9. The monoisotopic (exact) mass is 450 g/mol. The van der Waals surface area contributed by atoms with E-state index in [0.717, 1.165) is 13.1 Å². The van der Waals surface area contributed by atoms with E-state index in [-0.39, 0.29) is 28.7 Å². The molecule has 0 radical (unpaired) electrons. The van der Waals surface area contributed by atoms with Crippen molar-refractivity contribution in [3.8, 4) is 5.75 Å². The molecule has 6 nitrogen and oxygen atoms in total. The van der Waals surface area contributed by atoms with Gasteiger partial charge in [0.1, 0.15) is 11.3 Å². The average Bonchev–Trinajstić information content (AvgIpc) is 2.71. The van der Waals surface area contributed by atoms with E-state index in [2.05, 4.69) is 24.2 Å². The number of unbranched alkanes of at least 4 members (excludes halogenated alkanes) is 7. The lowest BCUT2D eigenvalue weighted by atomic mass is 10.1. The maximum atomic E-state index is 12.4. The molecule has 1 aromatic carbocycles. The Hall–Kier alpha value is -2.05. The van der Waals surface area contributed by atoms with Crippen LogP contribution in [0.1, 0.15) is 63.9 Å². The molecular weight excluding hydrogens is 416 g/mol. The molecule has 0 atom stereocenters. The number of phenolic OH excluding ortho intramolecular Hbond substituents is 1. The predicted octanol–water partition coefficient (Wildman–Crippen LogP) is 4.88. The third kappa shape index (κ3) is 8.91. The van der Waals surface area contributed by atoms with E-state index in [1.807, 2.05) is 0 Å². The molecule has 172 valence electrons. The molecule has 1 heterocycles. The van der Waals surface area contributed by atoms with Crippen LogP contribution in [0.4, 0.5) is 0 Å². The van der Waals surface area contributed by atoms with E-state index in [9.17, 15) is 14.7 Å². The summed E-state index contributed by atoms with van der Waals surface area (Å²) in [6, 6.07) is 4.10. The largest absolute Gasteiger partial charge is 0.506 e. The molecule has 7 heteroatoms. The number of hydrogen-bond acceptors (Lipinski definition) is 5. The molecule has 1 aromatic heterocycles. The minimum atomic E-state index is -0.567. The van der Waals surface area contributed by atoms with Crippen LogP contribution in [-0.2, 0) is 11.2 Å². The van der Waals surface area contributed by atoms with Crippen LogP contribution in [0.5, 0.6) is 5.75 Å². The lowest BCUT2D eigenvalue weighted by Crippen LogP contribution is -2.34. The number of fused-ring (bicyclic) bond motifs is 1. The van der Waals surface area contributed by atoms with Gasteiger partial charge in [0.25, 0.3) is 0 Å². The highest BCUT2D eigenvalue weighted by Crippen LogP contribution is 2.30. The predicted molar refractivity (Wildman–Crippen MR) is 126 cm³/mol. The first-order chi connectivity index (χ1) is 14.9. The number of amides is 1. The highest BCUT2D eigenvalue weighted by molar-refractivity contribution is 6.32. The first-order valence-electron chi connectivity index (χ1n) is 11.3. The average molecular weight is 451 g/mol. The fraction of sp³-hybridized carbons (Fsp3) is 0.583. The number of hydrogen-bond donors (Lipinski definition) is 2. The highest BCUT2D eigenvalue weighted by Gasteiger charge is 2.13. The number of nitrogens with one attached hydrogen (secondary N) is 1. The van der Waals surface area contributed by atoms with E-state index in [0.29, 0.717) is 17.5 Å². The summed E-state index contributed by atoms with van der Waals surface area (Å²) in [6.07, 6.45) is 10.5. The molecule has 1 amide bonds. The van der Waals surface area contributed by atoms with Crippen LogP contribution >= 0.6 is 11.6 Å². The molecule has 0 saturated carbocycles. The second kappa shape index (κ2) is 13.4. The Bertz CT molecular complexity index is 897. The summed E-state index contributed by atoms with van der Waals surface area (Å²) in [5.41, 5.74) is 0.169. The Balaban J connectivity index is 1.70. The molecule has 0 aliphatic carbocycles. The molecule has 2 rings (SSSR count). The van der Waals surface area contributed by atoms with E-state index in [1.165, 1.54) is 69.6 Å². The van der Waals surface area contributed by atoms with Crippen molar-refractivity contribution in [2.75, 3.05) is 26.7 Å². The lowest BCUT2D eigenvalue weighted by molar-refractivity contribution is -0.120. The van der Waals surface area contributed by atoms with Crippen molar-refractivity contribution in [3.63, 3.8) is 0 Å². The molecule has 31 heavy (non-hydrogen) atoms. The third-order valence-electron chi connectivity index (χ3n) is 5.46. The summed E-state index contributed by atoms with van der Waals surface area (Å²) in [6.45, 7) is 4.59. The van der Waals surface area contributed by atoms with Crippen LogP contribution in [-0.4, -0.2) is 42.6 Å². The number of carbonyl (C=O) groups excluding carboxylic acids is 1. The topological polar surface area (TPSA) is 82.8 Å². The number of halogens is 1. The molecular formula is C24H35ClN2O4. The van der Waals surface area contributed by atoms with Crippen molar-refractivity contribution < 1.29 is 14.3 Å². The summed E-state index contributed by atoms with van der Waals surface area (Å²) in [5, 5.41) is 13.3. The summed E-state index contributed by atoms with van der Waals surface area (Å²) in [5.74, 6) is -0.338. The van der Waals surface area contributed by atoms with Gasteiger partial charge in [0.15, 0.2) is 0 Å². The zero-order valence-electron chi connectivity index (χ0n) is 18.7. The SMILES string of the molecule is CCCCCCCCCCN(C)CCNC(=O)Cc1cc(=O)oc2cc(O)c(Cl)cc12. The minimum absolute atomic E-state index is 0.0466. The Morgan fingerprint density at radius 1 is 1.06 bits per heavy atom. The van der Waals surface area contributed by atoms with E-state index in [4.69, 9.17) is 16.0 Å². The number of aromatic hydroxyl groups is 1. The van der Waals surface area contributed by atoms with E-state index < -0.39 is 5.63 Å². The third-order valence-corrected chi connectivity index (χ3v) is 5.76. The number of nitrogens with zero attached hydrogens (tertiary/aromatic N) is 1. The van der Waals surface area contributed by atoms with Gasteiger partial charge in [-0.05, 0) is 31.6 Å². The molecule has 0 bridgehead atoms. The van der Waals surface area contributed by atoms with Gasteiger partial charge in [-0.25, -0.2) is 4.79 Å². The van der Waals surface area contributed by atoms with Crippen LogP contribution in [0.2, 0.25) is 5.02 Å². The number of likely N-dealkylation sites (N-methyl/N-ethyl adjacent to an activating group) is 1. The Morgan fingerprint density at radius 2 is 1.74 bits per heavy atom. The quantitative estimate of drug-likeness (QED) is 0.316. The molecule has 2 aromatic rings. The van der Waals surface area contributed by atoms with Gasteiger partial charge >= 0.3 is 5.63 Å². The first-order valence-corrected chi connectivity index (χ1v) is 11.7. The van der Waals surface area contributed by atoms with E-state index >= 15 is 0 Å². The van der Waals surface area contributed by atoms with Gasteiger partial charge in [-0.3, -0.25) is 4.79 Å². The first kappa shape index (κ1) is 25.2. The van der Waals surface area contributed by atoms with Gasteiger partial charge in [-0.15, -0.1) is 0 Å². The van der Waals surface area contributed by atoms with Crippen molar-refractivity contribution in [2.24, 2.45) is 0 Å². The number of phenols is 1. The zero-order chi connectivity index (χ0) is 22.6. The summed E-state index contributed by atoms with van der Waals surface area (Å²) < 4.78 is 5.10. The van der Waals surface area contributed by atoms with Crippen LogP contribution in [0.25, 0.3) is 11.0 Å². The second-order valence-electron chi connectivity index (χ2n) is 8.20.